The van der Waals surface area contributed by atoms with Crippen molar-refractivity contribution in [1.29, 1.82) is 0 Å². The minimum atomic E-state index is -0.120. The van der Waals surface area contributed by atoms with Crippen LogP contribution in [0.1, 0.15) is 32.6 Å². The zero-order valence-corrected chi connectivity index (χ0v) is 13.7. The molecule has 6 heteroatoms. The first kappa shape index (κ1) is 20.2. The molecule has 0 bridgehead atoms. The Labute approximate surface area is 134 Å². The molecule has 0 aliphatic rings. The molecule has 0 saturated carbocycles. The highest BCUT2D eigenvalue weighted by molar-refractivity contribution is 5.81. The van der Waals surface area contributed by atoms with Gasteiger partial charge in [0.15, 0.2) is 0 Å². The summed E-state index contributed by atoms with van der Waals surface area (Å²) in [5.41, 5.74) is 8.65. The summed E-state index contributed by atoms with van der Waals surface area (Å²) in [5.74, 6) is 5.24. The second-order valence-electron chi connectivity index (χ2n) is 5.04. The second-order valence-corrected chi connectivity index (χ2v) is 5.04. The van der Waals surface area contributed by atoms with Crippen molar-refractivity contribution in [1.82, 2.24) is 15.6 Å². The fraction of sp³-hybridized carbons (Fsp3) is 0.562. The van der Waals surface area contributed by atoms with Crippen molar-refractivity contribution in [2.75, 3.05) is 19.6 Å². The van der Waals surface area contributed by atoms with Crippen LogP contribution >= 0.6 is 0 Å². The van der Waals surface area contributed by atoms with Crippen LogP contribution in [0.5, 0.6) is 0 Å². The minimum Gasteiger partial charge on any atom is -0.403 e. The number of rotatable bonds is 13. The number of hydrogen-bond donors (Lipinski definition) is 4. The third-order valence-electron chi connectivity index (χ3n) is 3.50. The zero-order valence-electron chi connectivity index (χ0n) is 13.7. The quantitative estimate of drug-likeness (QED) is 0.177. The van der Waals surface area contributed by atoms with Gasteiger partial charge in [-0.25, -0.2) is 0 Å². The summed E-state index contributed by atoms with van der Waals surface area (Å²) in [7, 11) is 0. The molecule has 0 aromatic carbocycles. The molecule has 0 radical (unpaired) electrons. The van der Waals surface area contributed by atoms with Crippen molar-refractivity contribution in [3.05, 3.63) is 37.3 Å². The van der Waals surface area contributed by atoms with Gasteiger partial charge in [-0.2, -0.15) is 0 Å². The van der Waals surface area contributed by atoms with E-state index in [1.165, 1.54) is 6.20 Å². The van der Waals surface area contributed by atoms with E-state index >= 15 is 0 Å². The first-order valence-electron chi connectivity index (χ1n) is 7.78. The number of carbonyl (C=O) groups is 1. The Balaban J connectivity index is 3.86. The SMILES string of the molecule is C=CC(CC)C(=O)N(C=C)CCCCCNC/C(=C/N)NN. The molecule has 0 heterocycles. The molecule has 1 unspecified atom stereocenters. The Morgan fingerprint density at radius 3 is 2.55 bits per heavy atom. The molecule has 1 amide bonds. The van der Waals surface area contributed by atoms with Crippen LogP contribution in [0.15, 0.2) is 37.3 Å². The Morgan fingerprint density at radius 2 is 2.05 bits per heavy atom. The summed E-state index contributed by atoms with van der Waals surface area (Å²) in [6.45, 7) is 11.6. The van der Waals surface area contributed by atoms with E-state index in [0.717, 1.165) is 37.9 Å². The van der Waals surface area contributed by atoms with Crippen molar-refractivity contribution >= 4 is 5.91 Å². The summed E-state index contributed by atoms with van der Waals surface area (Å²) in [4.78, 5) is 13.9. The maximum Gasteiger partial charge on any atom is 0.233 e. The van der Waals surface area contributed by atoms with Crippen molar-refractivity contribution in [3.63, 3.8) is 0 Å². The van der Waals surface area contributed by atoms with Gasteiger partial charge in [0, 0.05) is 19.3 Å². The molecule has 0 spiro atoms. The predicted molar refractivity (Wildman–Crippen MR) is 92.2 cm³/mol. The van der Waals surface area contributed by atoms with Gasteiger partial charge in [-0.15, -0.1) is 6.58 Å². The number of carbonyl (C=O) groups excluding carboxylic acids is 1. The number of hydrogen-bond acceptors (Lipinski definition) is 5. The summed E-state index contributed by atoms with van der Waals surface area (Å²) in [5, 5.41) is 3.24. The van der Waals surface area contributed by atoms with Gasteiger partial charge in [0.05, 0.1) is 11.6 Å². The average Bonchev–Trinajstić information content (AvgIpc) is 2.54. The Kier molecular flexibility index (Phi) is 11.9. The lowest BCUT2D eigenvalue weighted by Crippen LogP contribution is -2.32. The van der Waals surface area contributed by atoms with Crippen LogP contribution in [0, 0.1) is 5.92 Å². The van der Waals surface area contributed by atoms with Gasteiger partial charge in [-0.05, 0) is 32.0 Å². The highest BCUT2D eigenvalue weighted by Gasteiger charge is 2.17. The van der Waals surface area contributed by atoms with E-state index in [1.807, 2.05) is 6.92 Å². The van der Waals surface area contributed by atoms with E-state index in [0.29, 0.717) is 13.1 Å². The highest BCUT2D eigenvalue weighted by Crippen LogP contribution is 2.10. The first-order chi connectivity index (χ1) is 10.6. The smallest absolute Gasteiger partial charge is 0.233 e. The summed E-state index contributed by atoms with van der Waals surface area (Å²) in [6.07, 6.45) is 8.54. The fourth-order valence-electron chi connectivity index (χ4n) is 2.04. The number of nitrogens with zero attached hydrogens (tertiary/aromatic N) is 1. The molecule has 0 aliphatic heterocycles. The zero-order chi connectivity index (χ0) is 16.8. The number of hydrazine groups is 1. The third-order valence-corrected chi connectivity index (χ3v) is 3.50. The molecule has 0 saturated heterocycles. The summed E-state index contributed by atoms with van der Waals surface area (Å²) in [6, 6.07) is 0. The molecular weight excluding hydrogens is 278 g/mol. The van der Waals surface area contributed by atoms with Crippen LogP contribution in [0.25, 0.3) is 0 Å². The molecular formula is C16H31N5O. The van der Waals surface area contributed by atoms with E-state index in [1.54, 1.807) is 17.2 Å². The van der Waals surface area contributed by atoms with Crippen molar-refractivity contribution in [2.24, 2.45) is 17.5 Å². The fourth-order valence-corrected chi connectivity index (χ4v) is 2.04. The van der Waals surface area contributed by atoms with E-state index in [9.17, 15) is 4.79 Å². The molecule has 0 aromatic heterocycles. The molecule has 0 aromatic rings. The Morgan fingerprint density at radius 1 is 1.32 bits per heavy atom. The molecule has 1 atom stereocenters. The molecule has 0 rings (SSSR count). The molecule has 22 heavy (non-hydrogen) atoms. The van der Waals surface area contributed by atoms with Crippen LogP contribution in [-0.4, -0.2) is 30.4 Å². The first-order valence-corrected chi connectivity index (χ1v) is 7.78. The van der Waals surface area contributed by atoms with Crippen LogP contribution in [-0.2, 0) is 4.79 Å². The molecule has 0 fully saturated rings. The van der Waals surface area contributed by atoms with Crippen LogP contribution in [0.3, 0.4) is 0 Å². The van der Waals surface area contributed by atoms with Crippen molar-refractivity contribution in [3.8, 4) is 0 Å². The van der Waals surface area contributed by atoms with Gasteiger partial charge in [-0.1, -0.05) is 26.0 Å². The maximum absolute atomic E-state index is 12.2. The number of nitrogens with one attached hydrogen (secondary N) is 2. The lowest BCUT2D eigenvalue weighted by molar-refractivity contribution is -0.131. The van der Waals surface area contributed by atoms with E-state index in [4.69, 9.17) is 11.6 Å². The Hall–Kier alpha value is -1.79. The maximum atomic E-state index is 12.2. The summed E-state index contributed by atoms with van der Waals surface area (Å²) < 4.78 is 0. The van der Waals surface area contributed by atoms with Crippen molar-refractivity contribution < 1.29 is 4.79 Å². The highest BCUT2D eigenvalue weighted by atomic mass is 16.2. The van der Waals surface area contributed by atoms with E-state index in [-0.39, 0.29) is 11.8 Å². The lowest BCUT2D eigenvalue weighted by Gasteiger charge is -2.21. The second kappa shape index (κ2) is 12.9. The monoisotopic (exact) mass is 309 g/mol. The lowest BCUT2D eigenvalue weighted by atomic mass is 10.1. The normalized spacial score (nSPS) is 12.5. The largest absolute Gasteiger partial charge is 0.403 e. The number of nitrogens with two attached hydrogens (primary N) is 2. The number of amides is 1. The topological polar surface area (TPSA) is 96.4 Å². The minimum absolute atomic E-state index is 0.0809. The molecule has 0 aliphatic carbocycles. The van der Waals surface area contributed by atoms with Crippen LogP contribution < -0.4 is 22.3 Å². The van der Waals surface area contributed by atoms with E-state index < -0.39 is 0 Å². The van der Waals surface area contributed by atoms with Gasteiger partial charge < -0.3 is 21.4 Å². The average molecular weight is 309 g/mol. The van der Waals surface area contributed by atoms with Crippen molar-refractivity contribution in [2.45, 2.75) is 32.6 Å². The standard InChI is InChI=1S/C16H31N5O/c1-4-14(5-2)16(22)21(6-3)11-9-7-8-10-19-13-15(12-17)20-18/h4,6,12,14,19-20H,1,3,5,7-11,13,17-18H2,2H3/b15-12-. The summed E-state index contributed by atoms with van der Waals surface area (Å²) >= 11 is 0. The number of unbranched alkanes of at least 4 members (excludes halogenated alkanes) is 2. The predicted octanol–water partition coefficient (Wildman–Crippen LogP) is 1.19. The molecule has 126 valence electrons. The van der Waals surface area contributed by atoms with Crippen LogP contribution in [0.4, 0.5) is 0 Å². The van der Waals surface area contributed by atoms with E-state index in [2.05, 4.69) is 23.9 Å². The molecule has 6 N–H and O–H groups in total. The van der Waals surface area contributed by atoms with Gasteiger partial charge >= 0.3 is 0 Å². The van der Waals surface area contributed by atoms with Gasteiger partial charge in [0.1, 0.15) is 0 Å². The Bertz CT molecular complexity index is 368. The van der Waals surface area contributed by atoms with Crippen LogP contribution in [0.2, 0.25) is 0 Å². The third kappa shape index (κ3) is 7.85. The van der Waals surface area contributed by atoms with Gasteiger partial charge in [0.2, 0.25) is 5.91 Å². The van der Waals surface area contributed by atoms with Gasteiger partial charge in [0.25, 0.3) is 0 Å². The van der Waals surface area contributed by atoms with Gasteiger partial charge in [-0.3, -0.25) is 10.6 Å². The molecule has 6 nitrogen and oxygen atoms in total.